The van der Waals surface area contributed by atoms with E-state index in [1.54, 1.807) is 33.0 Å². The summed E-state index contributed by atoms with van der Waals surface area (Å²) in [5.74, 6) is 1.10. The molecule has 0 aromatic carbocycles. The standard InChI is InChI=1S/C13H23N5O3/c1-5-18(9-10(3)19)12-8-7-11(14-15-12)16-17(4)13(20)21-6-2/h7-8,10,19H,5-6,9H2,1-4H3,(H,14,16). The first kappa shape index (κ1) is 17.0. The van der Waals surface area contributed by atoms with Gasteiger partial charge in [0.25, 0.3) is 0 Å². The highest BCUT2D eigenvalue weighted by Crippen LogP contribution is 2.12. The Hall–Kier alpha value is -2.09. The molecule has 0 saturated carbocycles. The lowest BCUT2D eigenvalue weighted by atomic mass is 10.3. The molecular formula is C13H23N5O3. The van der Waals surface area contributed by atoms with E-state index in [-0.39, 0.29) is 0 Å². The van der Waals surface area contributed by atoms with Crippen LogP contribution in [0.1, 0.15) is 20.8 Å². The third kappa shape index (κ3) is 5.42. The van der Waals surface area contributed by atoms with Crippen LogP contribution in [0.5, 0.6) is 0 Å². The molecule has 2 N–H and O–H groups in total. The van der Waals surface area contributed by atoms with Crippen molar-refractivity contribution in [3.05, 3.63) is 12.1 Å². The van der Waals surface area contributed by atoms with Crippen LogP contribution in [-0.2, 0) is 4.74 Å². The Bertz CT molecular complexity index is 438. The molecule has 1 atom stereocenters. The van der Waals surface area contributed by atoms with Gasteiger partial charge in [0.15, 0.2) is 11.6 Å². The second kappa shape index (κ2) is 8.25. The molecule has 0 spiro atoms. The van der Waals surface area contributed by atoms with E-state index in [9.17, 15) is 9.90 Å². The molecule has 1 heterocycles. The minimum Gasteiger partial charge on any atom is -0.449 e. The molecular weight excluding hydrogens is 274 g/mol. The maximum Gasteiger partial charge on any atom is 0.428 e. The number of ether oxygens (including phenoxy) is 1. The van der Waals surface area contributed by atoms with Gasteiger partial charge in [-0.15, -0.1) is 10.2 Å². The van der Waals surface area contributed by atoms with Crippen molar-refractivity contribution in [2.75, 3.05) is 37.1 Å². The van der Waals surface area contributed by atoms with Crippen LogP contribution >= 0.6 is 0 Å². The van der Waals surface area contributed by atoms with Crippen LogP contribution in [0, 0.1) is 0 Å². The third-order valence-corrected chi connectivity index (χ3v) is 2.66. The fraction of sp³-hybridized carbons (Fsp3) is 0.615. The Morgan fingerprint density at radius 2 is 2.14 bits per heavy atom. The quantitative estimate of drug-likeness (QED) is 0.728. The maximum absolute atomic E-state index is 11.4. The number of carbonyl (C=O) groups is 1. The molecule has 0 aliphatic carbocycles. The minimum atomic E-state index is -0.493. The highest BCUT2D eigenvalue weighted by molar-refractivity contribution is 5.68. The molecule has 1 rings (SSSR count). The van der Waals surface area contributed by atoms with Gasteiger partial charge >= 0.3 is 6.09 Å². The number of hydrogen-bond donors (Lipinski definition) is 2. The van der Waals surface area contributed by atoms with Crippen molar-refractivity contribution in [1.82, 2.24) is 15.2 Å². The van der Waals surface area contributed by atoms with Gasteiger partial charge in [-0.05, 0) is 32.9 Å². The minimum absolute atomic E-state index is 0.306. The zero-order chi connectivity index (χ0) is 15.8. The van der Waals surface area contributed by atoms with E-state index in [1.807, 2.05) is 11.8 Å². The molecule has 1 aromatic heterocycles. The number of rotatable bonds is 7. The van der Waals surface area contributed by atoms with Gasteiger partial charge in [0, 0.05) is 20.1 Å². The van der Waals surface area contributed by atoms with Gasteiger partial charge in [-0.1, -0.05) is 0 Å². The van der Waals surface area contributed by atoms with Crippen molar-refractivity contribution in [2.24, 2.45) is 0 Å². The molecule has 0 bridgehead atoms. The normalized spacial score (nSPS) is 11.7. The predicted molar refractivity (Wildman–Crippen MR) is 80.0 cm³/mol. The molecule has 1 unspecified atom stereocenters. The fourth-order valence-corrected chi connectivity index (χ4v) is 1.69. The second-order valence-corrected chi connectivity index (χ2v) is 4.53. The molecule has 0 aliphatic heterocycles. The molecule has 0 fully saturated rings. The van der Waals surface area contributed by atoms with Crippen LogP contribution < -0.4 is 10.3 Å². The number of carbonyl (C=O) groups excluding carboxylic acids is 1. The van der Waals surface area contributed by atoms with Crippen LogP contribution in [0.15, 0.2) is 12.1 Å². The van der Waals surface area contributed by atoms with Crippen molar-refractivity contribution < 1.29 is 14.6 Å². The highest BCUT2D eigenvalue weighted by Gasteiger charge is 2.12. The number of aliphatic hydroxyl groups is 1. The Morgan fingerprint density at radius 1 is 1.43 bits per heavy atom. The van der Waals surface area contributed by atoms with Crippen molar-refractivity contribution >= 4 is 17.7 Å². The second-order valence-electron chi connectivity index (χ2n) is 4.53. The topological polar surface area (TPSA) is 90.8 Å². The van der Waals surface area contributed by atoms with Crippen LogP contribution in [0.2, 0.25) is 0 Å². The van der Waals surface area contributed by atoms with Gasteiger partial charge in [0.05, 0.1) is 12.7 Å². The lowest BCUT2D eigenvalue weighted by Crippen LogP contribution is -2.34. The summed E-state index contributed by atoms with van der Waals surface area (Å²) in [6.45, 7) is 6.95. The van der Waals surface area contributed by atoms with Crippen molar-refractivity contribution in [3.8, 4) is 0 Å². The van der Waals surface area contributed by atoms with Gasteiger partial charge in [0.1, 0.15) is 0 Å². The average Bonchev–Trinajstić information content (AvgIpc) is 2.45. The van der Waals surface area contributed by atoms with E-state index in [0.29, 0.717) is 24.8 Å². The fourth-order valence-electron chi connectivity index (χ4n) is 1.69. The first-order chi connectivity index (χ1) is 9.97. The van der Waals surface area contributed by atoms with Gasteiger partial charge < -0.3 is 14.7 Å². The molecule has 8 nitrogen and oxygen atoms in total. The summed E-state index contributed by atoms with van der Waals surface area (Å²) in [4.78, 5) is 13.4. The summed E-state index contributed by atoms with van der Waals surface area (Å²) in [7, 11) is 1.54. The van der Waals surface area contributed by atoms with E-state index in [4.69, 9.17) is 4.74 Å². The summed E-state index contributed by atoms with van der Waals surface area (Å²) in [5, 5.41) is 18.7. The zero-order valence-electron chi connectivity index (χ0n) is 12.9. The van der Waals surface area contributed by atoms with Gasteiger partial charge in [-0.3, -0.25) is 5.43 Å². The SMILES string of the molecule is CCOC(=O)N(C)Nc1ccc(N(CC)CC(C)O)nn1. The number of likely N-dealkylation sites (N-methyl/N-ethyl adjacent to an activating group) is 1. The zero-order valence-corrected chi connectivity index (χ0v) is 12.9. The molecule has 1 amide bonds. The van der Waals surface area contributed by atoms with E-state index in [0.717, 1.165) is 6.54 Å². The Balaban J connectivity index is 2.66. The largest absolute Gasteiger partial charge is 0.449 e. The number of hydrazine groups is 1. The molecule has 118 valence electrons. The smallest absolute Gasteiger partial charge is 0.428 e. The summed E-state index contributed by atoms with van der Waals surface area (Å²) >= 11 is 0. The number of hydrogen-bond acceptors (Lipinski definition) is 7. The lowest BCUT2D eigenvalue weighted by molar-refractivity contribution is 0.123. The number of aliphatic hydroxyl groups excluding tert-OH is 1. The van der Waals surface area contributed by atoms with Crippen LogP contribution in [-0.4, -0.2) is 59.3 Å². The Labute approximate surface area is 124 Å². The molecule has 0 radical (unpaired) electrons. The van der Waals surface area contributed by atoms with E-state index in [2.05, 4.69) is 15.6 Å². The van der Waals surface area contributed by atoms with Crippen LogP contribution in [0.25, 0.3) is 0 Å². The van der Waals surface area contributed by atoms with Gasteiger partial charge in [-0.2, -0.15) is 0 Å². The van der Waals surface area contributed by atoms with Crippen molar-refractivity contribution in [1.29, 1.82) is 0 Å². The maximum atomic E-state index is 11.4. The van der Waals surface area contributed by atoms with E-state index >= 15 is 0 Å². The summed E-state index contributed by atoms with van der Waals surface area (Å²) in [6, 6.07) is 3.49. The Kier molecular flexibility index (Phi) is 6.67. The predicted octanol–water partition coefficient (Wildman–Crippen LogP) is 1.10. The van der Waals surface area contributed by atoms with Gasteiger partial charge in [-0.25, -0.2) is 9.80 Å². The molecule has 21 heavy (non-hydrogen) atoms. The summed E-state index contributed by atoms with van der Waals surface area (Å²) in [6.07, 6.45) is -0.938. The number of amides is 1. The van der Waals surface area contributed by atoms with E-state index < -0.39 is 12.2 Å². The number of nitrogens with one attached hydrogen (secondary N) is 1. The lowest BCUT2D eigenvalue weighted by Gasteiger charge is -2.23. The summed E-state index contributed by atoms with van der Waals surface area (Å²) in [5.41, 5.74) is 2.77. The van der Waals surface area contributed by atoms with Crippen LogP contribution in [0.3, 0.4) is 0 Å². The van der Waals surface area contributed by atoms with Gasteiger partial charge in [0.2, 0.25) is 0 Å². The monoisotopic (exact) mass is 297 g/mol. The first-order valence-corrected chi connectivity index (χ1v) is 6.91. The number of nitrogens with zero attached hydrogens (tertiary/aromatic N) is 4. The first-order valence-electron chi connectivity index (χ1n) is 6.91. The molecule has 1 aromatic rings. The number of anilines is 2. The number of aromatic nitrogens is 2. The highest BCUT2D eigenvalue weighted by atomic mass is 16.6. The Morgan fingerprint density at radius 3 is 2.62 bits per heavy atom. The third-order valence-electron chi connectivity index (χ3n) is 2.66. The van der Waals surface area contributed by atoms with Crippen molar-refractivity contribution in [3.63, 3.8) is 0 Å². The molecule has 8 heteroatoms. The van der Waals surface area contributed by atoms with Crippen LogP contribution in [0.4, 0.5) is 16.4 Å². The molecule has 0 aliphatic rings. The molecule has 0 saturated heterocycles. The summed E-state index contributed by atoms with van der Waals surface area (Å²) < 4.78 is 4.84. The average molecular weight is 297 g/mol. The van der Waals surface area contributed by atoms with Crippen molar-refractivity contribution in [2.45, 2.75) is 26.9 Å². The van der Waals surface area contributed by atoms with E-state index in [1.165, 1.54) is 5.01 Å².